The molecule has 4 aromatic rings. The van der Waals surface area contributed by atoms with Crippen LogP contribution >= 0.6 is 11.3 Å². The monoisotopic (exact) mass is 490 g/mol. The first-order valence-electron chi connectivity index (χ1n) is 12.2. The molecule has 2 aliphatic heterocycles. The first kappa shape index (κ1) is 21.1. The summed E-state index contributed by atoms with van der Waals surface area (Å²) < 4.78 is 11.6. The zero-order chi connectivity index (χ0) is 23.5. The number of H-pyrrole nitrogens is 1. The minimum atomic E-state index is 0.0346. The number of aromatic amines is 1. The van der Waals surface area contributed by atoms with Gasteiger partial charge < -0.3 is 19.7 Å². The number of morpholine rings is 1. The lowest BCUT2D eigenvalue weighted by Gasteiger charge is -2.32. The van der Waals surface area contributed by atoms with E-state index in [1.54, 1.807) is 23.9 Å². The van der Waals surface area contributed by atoms with E-state index in [1.165, 1.54) is 10.4 Å². The lowest BCUT2D eigenvalue weighted by molar-refractivity contribution is -0.140. The molecule has 35 heavy (non-hydrogen) atoms. The largest absolute Gasteiger partial charge is 0.492 e. The van der Waals surface area contributed by atoms with Crippen molar-refractivity contribution in [2.45, 2.75) is 44.8 Å². The van der Waals surface area contributed by atoms with Gasteiger partial charge in [0.1, 0.15) is 22.7 Å². The number of rotatable bonds is 5. The lowest BCUT2D eigenvalue weighted by Crippen LogP contribution is -2.45. The lowest BCUT2D eigenvalue weighted by atomic mass is 9.86. The van der Waals surface area contributed by atoms with E-state index >= 15 is 0 Å². The van der Waals surface area contributed by atoms with Gasteiger partial charge in [-0.15, -0.1) is 11.3 Å². The molecule has 10 heteroatoms. The molecular weight excluding hydrogens is 464 g/mol. The van der Waals surface area contributed by atoms with Crippen LogP contribution in [0, 0.1) is 5.92 Å². The maximum absolute atomic E-state index is 13.3. The number of ether oxygens (including phenoxy) is 2. The third-order valence-electron chi connectivity index (χ3n) is 7.47. The molecule has 2 fully saturated rings. The summed E-state index contributed by atoms with van der Waals surface area (Å²) >= 11 is 1.69. The number of benzene rings is 1. The highest BCUT2D eigenvalue weighted by Gasteiger charge is 2.43. The number of amides is 1. The number of hydrogen-bond donors (Lipinski definition) is 2. The fraction of sp³-hybridized carbons (Fsp3) is 0.440. The molecule has 0 radical (unpaired) electrons. The normalized spacial score (nSPS) is 23.2. The number of anilines is 2. The molecule has 0 saturated carbocycles. The Bertz CT molecular complexity index is 1450. The van der Waals surface area contributed by atoms with E-state index < -0.39 is 0 Å². The van der Waals surface area contributed by atoms with Crippen LogP contribution in [0.3, 0.4) is 0 Å². The molecule has 5 heterocycles. The summed E-state index contributed by atoms with van der Waals surface area (Å²) in [6.07, 6.45) is 7.11. The summed E-state index contributed by atoms with van der Waals surface area (Å²) in [6.45, 7) is 3.97. The Balaban J connectivity index is 1.20. The van der Waals surface area contributed by atoms with Crippen LogP contribution in [0.1, 0.15) is 30.2 Å². The SMILES string of the molecule is CCOc1cc2[nH]ncc2cc1Nc1ncnc2sc3c(c12)CC[C@H](C(=O)N1C[C@@H]2C[C@H]1CO2)C3. The molecule has 1 aromatic carbocycles. The van der Waals surface area contributed by atoms with E-state index in [2.05, 4.69) is 30.4 Å². The molecule has 3 aromatic heterocycles. The van der Waals surface area contributed by atoms with Gasteiger partial charge in [-0.2, -0.15) is 5.10 Å². The van der Waals surface area contributed by atoms with E-state index in [4.69, 9.17) is 9.47 Å². The van der Waals surface area contributed by atoms with Crippen LogP contribution in [0.25, 0.3) is 21.1 Å². The van der Waals surface area contributed by atoms with Gasteiger partial charge in [-0.25, -0.2) is 9.97 Å². The van der Waals surface area contributed by atoms with Gasteiger partial charge in [-0.05, 0) is 44.2 Å². The van der Waals surface area contributed by atoms with Crippen molar-refractivity contribution in [3.63, 3.8) is 0 Å². The Morgan fingerprint density at radius 3 is 3.14 bits per heavy atom. The zero-order valence-corrected chi connectivity index (χ0v) is 20.2. The van der Waals surface area contributed by atoms with Gasteiger partial charge in [0, 0.05) is 28.8 Å². The van der Waals surface area contributed by atoms with Gasteiger partial charge in [0.2, 0.25) is 5.91 Å². The number of nitrogens with one attached hydrogen (secondary N) is 2. The van der Waals surface area contributed by atoms with Gasteiger partial charge in [0.25, 0.3) is 0 Å². The highest BCUT2D eigenvalue weighted by atomic mass is 32.1. The van der Waals surface area contributed by atoms with Crippen LogP contribution in [-0.4, -0.2) is 62.9 Å². The Morgan fingerprint density at radius 2 is 2.31 bits per heavy atom. The summed E-state index contributed by atoms with van der Waals surface area (Å²) in [6, 6.07) is 4.26. The van der Waals surface area contributed by atoms with Crippen molar-refractivity contribution in [1.29, 1.82) is 0 Å². The number of carbonyl (C=O) groups excluding carboxylic acids is 1. The zero-order valence-electron chi connectivity index (χ0n) is 19.4. The number of thiophene rings is 1. The van der Waals surface area contributed by atoms with Crippen LogP contribution in [0.4, 0.5) is 11.5 Å². The number of likely N-dealkylation sites (tertiary alicyclic amines) is 1. The van der Waals surface area contributed by atoms with E-state index in [9.17, 15) is 4.79 Å². The van der Waals surface area contributed by atoms with Crippen LogP contribution in [0.5, 0.6) is 5.75 Å². The second-order valence-electron chi connectivity index (χ2n) is 9.55. The smallest absolute Gasteiger partial charge is 0.226 e. The van der Waals surface area contributed by atoms with Crippen LogP contribution in [0.2, 0.25) is 0 Å². The summed E-state index contributed by atoms with van der Waals surface area (Å²) in [5.74, 6) is 1.85. The highest BCUT2D eigenvalue weighted by molar-refractivity contribution is 7.19. The highest BCUT2D eigenvalue weighted by Crippen LogP contribution is 2.42. The van der Waals surface area contributed by atoms with Gasteiger partial charge in [-0.3, -0.25) is 9.89 Å². The molecular formula is C25H26N6O3S. The number of aryl methyl sites for hydroxylation is 1. The Morgan fingerprint density at radius 1 is 1.37 bits per heavy atom. The molecule has 9 nitrogen and oxygen atoms in total. The second kappa shape index (κ2) is 8.17. The third-order valence-corrected chi connectivity index (χ3v) is 8.63. The molecule has 2 saturated heterocycles. The molecule has 3 aliphatic rings. The molecule has 1 amide bonds. The van der Waals surface area contributed by atoms with Crippen LogP contribution in [0.15, 0.2) is 24.7 Å². The predicted octanol–water partition coefficient (Wildman–Crippen LogP) is 3.81. The van der Waals surface area contributed by atoms with Crippen molar-refractivity contribution >= 4 is 49.9 Å². The van der Waals surface area contributed by atoms with Crippen molar-refractivity contribution < 1.29 is 14.3 Å². The molecule has 7 rings (SSSR count). The number of aromatic nitrogens is 4. The van der Waals surface area contributed by atoms with Crippen molar-refractivity contribution in [2.75, 3.05) is 25.1 Å². The van der Waals surface area contributed by atoms with Crippen molar-refractivity contribution in [2.24, 2.45) is 5.92 Å². The van der Waals surface area contributed by atoms with Gasteiger partial charge in [0.05, 0.1) is 48.1 Å². The molecule has 2 N–H and O–H groups in total. The number of nitrogens with zero attached hydrogens (tertiary/aromatic N) is 4. The van der Waals surface area contributed by atoms with E-state index in [0.29, 0.717) is 19.1 Å². The number of carbonyl (C=O) groups is 1. The van der Waals surface area contributed by atoms with Gasteiger partial charge in [-0.1, -0.05) is 0 Å². The maximum Gasteiger partial charge on any atom is 0.226 e. The molecule has 2 bridgehead atoms. The first-order valence-corrected chi connectivity index (χ1v) is 13.0. The van der Waals surface area contributed by atoms with Crippen molar-refractivity contribution in [3.8, 4) is 5.75 Å². The van der Waals surface area contributed by atoms with Gasteiger partial charge >= 0.3 is 0 Å². The molecule has 0 spiro atoms. The average molecular weight is 491 g/mol. The minimum absolute atomic E-state index is 0.0346. The molecule has 180 valence electrons. The minimum Gasteiger partial charge on any atom is -0.492 e. The predicted molar refractivity (Wildman–Crippen MR) is 133 cm³/mol. The quantitative estimate of drug-likeness (QED) is 0.438. The Kier molecular flexibility index (Phi) is 4.92. The summed E-state index contributed by atoms with van der Waals surface area (Å²) in [4.78, 5) is 26.8. The summed E-state index contributed by atoms with van der Waals surface area (Å²) in [7, 11) is 0. The van der Waals surface area contributed by atoms with Gasteiger partial charge in [0.15, 0.2) is 0 Å². The molecule has 0 unspecified atom stereocenters. The maximum atomic E-state index is 13.3. The standard InChI is InChI=1S/C25H26N6O3S/c1-2-33-20-8-18-14(9-28-30-18)5-19(20)29-23-22-17-4-3-13(6-21(17)35-24(22)27-12-26-23)25(32)31-10-16-7-15(31)11-34-16/h5,8-9,12-13,15-16H,2-4,6-7,10-11H2,1H3,(H,28,30)(H,26,27,29)/t13-,15-,16-/m0/s1. The summed E-state index contributed by atoms with van der Waals surface area (Å²) in [5.41, 5.74) is 3.04. The van der Waals surface area contributed by atoms with E-state index in [-0.39, 0.29) is 18.1 Å². The van der Waals surface area contributed by atoms with Crippen LogP contribution < -0.4 is 10.1 Å². The van der Waals surface area contributed by atoms with E-state index in [1.807, 2.05) is 19.1 Å². The fourth-order valence-electron chi connectivity index (χ4n) is 5.79. The number of hydrogen-bond acceptors (Lipinski definition) is 8. The Hall–Kier alpha value is -3.24. The second-order valence-corrected chi connectivity index (χ2v) is 10.6. The Labute approximate surface area is 205 Å². The summed E-state index contributed by atoms with van der Waals surface area (Å²) in [5, 5.41) is 12.7. The van der Waals surface area contributed by atoms with Crippen molar-refractivity contribution in [1.82, 2.24) is 25.1 Å². The first-order chi connectivity index (χ1) is 17.2. The average Bonchev–Trinajstić information content (AvgIpc) is 3.66. The third kappa shape index (κ3) is 3.46. The molecule has 1 aliphatic carbocycles. The molecule has 3 atom stereocenters. The topological polar surface area (TPSA) is 105 Å². The fourth-order valence-corrected chi connectivity index (χ4v) is 7.06. The number of fused-ring (bicyclic) bond motifs is 6. The van der Waals surface area contributed by atoms with E-state index in [0.717, 1.165) is 70.6 Å². The van der Waals surface area contributed by atoms with Crippen LogP contribution in [-0.2, 0) is 22.4 Å². The van der Waals surface area contributed by atoms with Crippen molar-refractivity contribution in [3.05, 3.63) is 35.1 Å².